The Morgan fingerprint density at radius 2 is 1.80 bits per heavy atom. The Morgan fingerprint density at radius 1 is 1.20 bits per heavy atom. The highest BCUT2D eigenvalue weighted by Gasteiger charge is 2.36. The van der Waals surface area contributed by atoms with Gasteiger partial charge in [-0.05, 0) is 19.1 Å². The van der Waals surface area contributed by atoms with Gasteiger partial charge in [0, 0.05) is 4.88 Å². The third kappa shape index (κ3) is 3.26. The Hall–Kier alpha value is -3.07. The second-order valence-corrected chi connectivity index (χ2v) is 6.47. The van der Waals surface area contributed by atoms with Gasteiger partial charge in [-0.1, -0.05) is 12.1 Å². The van der Waals surface area contributed by atoms with Crippen LogP contribution in [0.4, 0.5) is 5.13 Å². The maximum Gasteiger partial charge on any atom is 0.308 e. The minimum Gasteiger partial charge on any atom is -0.481 e. The predicted molar refractivity (Wildman–Crippen MR) is 88.6 cm³/mol. The lowest BCUT2D eigenvalue weighted by molar-refractivity contribution is -0.136. The third-order valence-corrected chi connectivity index (χ3v) is 4.70. The first-order valence-corrected chi connectivity index (χ1v) is 8.11. The zero-order valence-corrected chi connectivity index (χ0v) is 13.9. The Morgan fingerprint density at radius 3 is 2.36 bits per heavy atom. The molecule has 3 rings (SSSR count). The van der Waals surface area contributed by atoms with Crippen molar-refractivity contribution in [3.8, 4) is 0 Å². The molecule has 2 heterocycles. The van der Waals surface area contributed by atoms with Gasteiger partial charge in [0.2, 0.25) is 5.91 Å². The number of hydrogen-bond acceptors (Lipinski definition) is 6. The molecule has 0 atom stereocenters. The average molecular weight is 359 g/mol. The van der Waals surface area contributed by atoms with Gasteiger partial charge in [-0.15, -0.1) is 11.3 Å². The maximum atomic E-state index is 12.2. The number of aliphatic carboxylic acids is 1. The summed E-state index contributed by atoms with van der Waals surface area (Å²) in [6.07, 6.45) is -0.183. The number of anilines is 1. The lowest BCUT2D eigenvalue weighted by Gasteiger charge is -2.12. The number of carboxylic acids is 1. The van der Waals surface area contributed by atoms with Gasteiger partial charge in [-0.3, -0.25) is 24.1 Å². The minimum absolute atomic E-state index is 0.183. The molecule has 2 aromatic rings. The first-order chi connectivity index (χ1) is 11.9. The summed E-state index contributed by atoms with van der Waals surface area (Å²) in [4.78, 5) is 52.9. The number of benzene rings is 1. The summed E-state index contributed by atoms with van der Waals surface area (Å²) in [6, 6.07) is 6.37. The number of carbonyl (C=O) groups is 4. The van der Waals surface area contributed by atoms with Gasteiger partial charge >= 0.3 is 5.97 Å². The number of nitrogens with zero attached hydrogens (tertiary/aromatic N) is 2. The first-order valence-electron chi connectivity index (χ1n) is 7.30. The number of thiazole rings is 1. The average Bonchev–Trinajstić information content (AvgIpc) is 3.00. The summed E-state index contributed by atoms with van der Waals surface area (Å²) in [6.45, 7) is 1.22. The summed E-state index contributed by atoms with van der Waals surface area (Å²) in [5.41, 5.74) is 1.06. The predicted octanol–water partition coefficient (Wildman–Crippen LogP) is 1.31. The molecule has 0 bridgehead atoms. The molecule has 1 aliphatic rings. The molecule has 1 aromatic carbocycles. The Kier molecular flexibility index (Phi) is 4.32. The molecule has 25 heavy (non-hydrogen) atoms. The Balaban J connectivity index is 1.69. The summed E-state index contributed by atoms with van der Waals surface area (Å²) in [5, 5.41) is 11.6. The molecule has 2 N–H and O–H groups in total. The molecule has 0 radical (unpaired) electrons. The highest BCUT2D eigenvalue weighted by Crippen LogP contribution is 2.24. The van der Waals surface area contributed by atoms with E-state index < -0.39 is 30.2 Å². The lowest BCUT2D eigenvalue weighted by Crippen LogP contribution is -2.37. The first kappa shape index (κ1) is 16.8. The summed E-state index contributed by atoms with van der Waals surface area (Å²) >= 11 is 1.05. The standard InChI is InChI=1S/C16H13N3O5S/c1-8-11(6-13(21)22)25-16(17-8)18-12(20)7-19-14(23)9-4-2-3-5-10(9)15(19)24/h2-5H,6-7H2,1H3,(H,21,22)(H,17,18,20). The number of amides is 3. The van der Waals surface area contributed by atoms with Gasteiger partial charge in [0.05, 0.1) is 23.2 Å². The SMILES string of the molecule is Cc1nc(NC(=O)CN2C(=O)c3ccccc3C2=O)sc1CC(=O)O. The molecular weight excluding hydrogens is 346 g/mol. The Bertz CT molecular complexity index is 870. The summed E-state index contributed by atoms with van der Waals surface area (Å²) in [5.74, 6) is -2.60. The minimum atomic E-state index is -0.990. The van der Waals surface area contributed by atoms with E-state index in [0.29, 0.717) is 10.6 Å². The second-order valence-electron chi connectivity index (χ2n) is 5.39. The monoisotopic (exact) mass is 359 g/mol. The lowest BCUT2D eigenvalue weighted by atomic mass is 10.1. The van der Waals surface area contributed by atoms with Crippen LogP contribution in [0, 0.1) is 6.92 Å². The molecule has 0 aliphatic carbocycles. The number of hydrogen-bond donors (Lipinski definition) is 2. The van der Waals surface area contributed by atoms with Gasteiger partial charge in [0.1, 0.15) is 6.54 Å². The van der Waals surface area contributed by atoms with Crippen LogP contribution in [0.25, 0.3) is 0 Å². The highest BCUT2D eigenvalue weighted by molar-refractivity contribution is 7.16. The smallest absolute Gasteiger partial charge is 0.308 e. The van der Waals surface area contributed by atoms with E-state index in [1.807, 2.05) is 0 Å². The van der Waals surface area contributed by atoms with Gasteiger partial charge in [-0.2, -0.15) is 0 Å². The third-order valence-electron chi connectivity index (χ3n) is 3.63. The van der Waals surface area contributed by atoms with Crippen LogP contribution in [0.15, 0.2) is 24.3 Å². The number of aryl methyl sites for hydroxylation is 1. The van der Waals surface area contributed by atoms with Crippen molar-refractivity contribution in [3.63, 3.8) is 0 Å². The van der Waals surface area contributed by atoms with Crippen LogP contribution in [0.3, 0.4) is 0 Å². The molecule has 0 saturated heterocycles. The van der Waals surface area contributed by atoms with Crippen molar-refractivity contribution in [1.29, 1.82) is 0 Å². The van der Waals surface area contributed by atoms with Crippen molar-refractivity contribution < 1.29 is 24.3 Å². The summed E-state index contributed by atoms with van der Waals surface area (Å²) in [7, 11) is 0. The summed E-state index contributed by atoms with van der Waals surface area (Å²) < 4.78 is 0. The molecule has 0 saturated carbocycles. The molecule has 128 valence electrons. The van der Waals surface area contributed by atoms with Gasteiger partial charge in [0.15, 0.2) is 5.13 Å². The maximum absolute atomic E-state index is 12.2. The van der Waals surface area contributed by atoms with E-state index in [-0.39, 0.29) is 22.7 Å². The topological polar surface area (TPSA) is 117 Å². The van der Waals surface area contributed by atoms with Crippen molar-refractivity contribution in [2.75, 3.05) is 11.9 Å². The van der Waals surface area contributed by atoms with Gasteiger partial charge in [-0.25, -0.2) is 4.98 Å². The fourth-order valence-corrected chi connectivity index (χ4v) is 3.44. The van der Waals surface area contributed by atoms with E-state index in [4.69, 9.17) is 5.11 Å². The number of rotatable bonds is 5. The molecule has 9 heteroatoms. The van der Waals surface area contributed by atoms with Crippen molar-refractivity contribution in [2.45, 2.75) is 13.3 Å². The number of carboxylic acid groups (broad SMARTS) is 1. The molecule has 0 fully saturated rings. The number of aromatic nitrogens is 1. The molecule has 1 aromatic heterocycles. The zero-order valence-electron chi connectivity index (χ0n) is 13.1. The molecule has 0 unspecified atom stereocenters. The van der Waals surface area contributed by atoms with Crippen LogP contribution in [-0.2, 0) is 16.0 Å². The second kappa shape index (κ2) is 6.44. The van der Waals surface area contributed by atoms with E-state index in [9.17, 15) is 19.2 Å². The molecule has 8 nitrogen and oxygen atoms in total. The van der Waals surface area contributed by atoms with E-state index >= 15 is 0 Å². The van der Waals surface area contributed by atoms with Crippen LogP contribution in [0.1, 0.15) is 31.3 Å². The number of nitrogens with one attached hydrogen (secondary N) is 1. The normalized spacial score (nSPS) is 13.1. The van der Waals surface area contributed by atoms with Crippen LogP contribution in [0.2, 0.25) is 0 Å². The van der Waals surface area contributed by atoms with Crippen LogP contribution >= 0.6 is 11.3 Å². The van der Waals surface area contributed by atoms with Gasteiger partial charge < -0.3 is 10.4 Å². The van der Waals surface area contributed by atoms with Crippen LogP contribution < -0.4 is 5.32 Å². The van der Waals surface area contributed by atoms with E-state index in [0.717, 1.165) is 16.2 Å². The van der Waals surface area contributed by atoms with Crippen LogP contribution in [-0.4, -0.2) is 45.2 Å². The van der Waals surface area contributed by atoms with Crippen molar-refractivity contribution in [3.05, 3.63) is 46.0 Å². The Labute approximate surface area is 146 Å². The molecule has 0 spiro atoms. The fourth-order valence-electron chi connectivity index (χ4n) is 2.47. The van der Waals surface area contributed by atoms with E-state index in [2.05, 4.69) is 10.3 Å². The van der Waals surface area contributed by atoms with Crippen molar-refractivity contribution in [2.24, 2.45) is 0 Å². The number of fused-ring (bicyclic) bond motifs is 1. The largest absolute Gasteiger partial charge is 0.481 e. The quantitative estimate of drug-likeness (QED) is 0.778. The van der Waals surface area contributed by atoms with E-state index in [1.54, 1.807) is 19.1 Å². The molecule has 1 aliphatic heterocycles. The van der Waals surface area contributed by atoms with Gasteiger partial charge in [0.25, 0.3) is 11.8 Å². The van der Waals surface area contributed by atoms with Crippen molar-refractivity contribution in [1.82, 2.24) is 9.88 Å². The van der Waals surface area contributed by atoms with Crippen molar-refractivity contribution >= 4 is 40.2 Å². The molecular formula is C16H13N3O5S. The molecule has 3 amide bonds. The number of carbonyl (C=O) groups excluding carboxylic acids is 3. The highest BCUT2D eigenvalue weighted by atomic mass is 32.1. The zero-order chi connectivity index (χ0) is 18.1. The van der Waals surface area contributed by atoms with E-state index in [1.165, 1.54) is 12.1 Å². The van der Waals surface area contributed by atoms with Crippen LogP contribution in [0.5, 0.6) is 0 Å². The number of imide groups is 1. The fraction of sp³-hybridized carbons (Fsp3) is 0.188.